The number of rotatable bonds is 9. The summed E-state index contributed by atoms with van der Waals surface area (Å²) in [5.41, 5.74) is 1.67. The molecule has 9 nitrogen and oxygen atoms in total. The minimum Gasteiger partial charge on any atom is -0.492 e. The molecule has 2 aliphatic heterocycles. The number of benzene rings is 3. The van der Waals surface area contributed by atoms with E-state index in [0.29, 0.717) is 56.1 Å². The van der Waals surface area contributed by atoms with Crippen molar-refractivity contribution in [1.29, 1.82) is 0 Å². The molecule has 42 heavy (non-hydrogen) atoms. The third-order valence-electron chi connectivity index (χ3n) is 7.46. The van der Waals surface area contributed by atoms with E-state index in [1.165, 1.54) is 16.4 Å². The Morgan fingerprint density at radius 2 is 1.81 bits per heavy atom. The lowest BCUT2D eigenvalue weighted by Crippen LogP contribution is -2.54. The monoisotopic (exact) mass is 611 g/mol. The smallest absolute Gasteiger partial charge is 0.262 e. The van der Waals surface area contributed by atoms with Crippen molar-refractivity contribution in [3.8, 4) is 11.5 Å². The van der Waals surface area contributed by atoms with E-state index in [-0.39, 0.29) is 34.8 Å². The molecule has 2 atom stereocenters. The maximum Gasteiger partial charge on any atom is 0.262 e. The van der Waals surface area contributed by atoms with Crippen LogP contribution in [-0.4, -0.2) is 63.4 Å². The summed E-state index contributed by atoms with van der Waals surface area (Å²) < 4.78 is 39.8. The van der Waals surface area contributed by atoms with Crippen LogP contribution >= 0.6 is 11.6 Å². The molecule has 1 fully saturated rings. The highest BCUT2D eigenvalue weighted by molar-refractivity contribution is 7.89. The number of carbonyl (C=O) groups excluding carboxylic acids is 2. The van der Waals surface area contributed by atoms with Gasteiger partial charge in [-0.3, -0.25) is 9.59 Å². The molecule has 2 aliphatic rings. The fourth-order valence-electron chi connectivity index (χ4n) is 5.31. The number of piperidine rings is 1. The third-order valence-corrected chi connectivity index (χ3v) is 9.62. The molecule has 3 aromatic rings. The Balaban J connectivity index is 1.29. The summed E-state index contributed by atoms with van der Waals surface area (Å²) in [4.78, 5) is 28.6. The second kappa shape index (κ2) is 13.1. The minimum atomic E-state index is -3.90. The van der Waals surface area contributed by atoms with Gasteiger partial charge in [-0.05, 0) is 62.1 Å². The van der Waals surface area contributed by atoms with Crippen molar-refractivity contribution < 1.29 is 27.5 Å². The number of halogens is 1. The quantitative estimate of drug-likeness (QED) is 0.387. The van der Waals surface area contributed by atoms with Crippen LogP contribution in [0.25, 0.3) is 0 Å². The maximum absolute atomic E-state index is 13.9. The summed E-state index contributed by atoms with van der Waals surface area (Å²) in [6.45, 7) is 3.01. The largest absolute Gasteiger partial charge is 0.492 e. The number of carbonyl (C=O) groups is 2. The van der Waals surface area contributed by atoms with Gasteiger partial charge in [-0.15, -0.1) is 0 Å². The predicted octanol–water partition coefficient (Wildman–Crippen LogP) is 4.29. The minimum absolute atomic E-state index is 0.0272. The zero-order valence-electron chi connectivity index (χ0n) is 23.4. The van der Waals surface area contributed by atoms with Gasteiger partial charge in [0.15, 0.2) is 6.10 Å². The number of nitrogens with zero attached hydrogens (tertiary/aromatic N) is 2. The lowest BCUT2D eigenvalue weighted by molar-refractivity contribution is -0.129. The molecule has 2 heterocycles. The van der Waals surface area contributed by atoms with Crippen molar-refractivity contribution in [3.05, 3.63) is 83.4 Å². The van der Waals surface area contributed by atoms with E-state index in [2.05, 4.69) is 5.32 Å². The summed E-state index contributed by atoms with van der Waals surface area (Å²) in [6, 6.07) is 21.3. The Labute approximate surface area is 251 Å². The molecule has 222 valence electrons. The molecule has 0 spiro atoms. The first-order valence-electron chi connectivity index (χ1n) is 14.1. The fourth-order valence-corrected chi connectivity index (χ4v) is 7.16. The zero-order chi connectivity index (χ0) is 29.7. The Bertz CT molecular complexity index is 1530. The highest BCUT2D eigenvalue weighted by Gasteiger charge is 2.39. The highest BCUT2D eigenvalue weighted by atomic mass is 35.5. The molecule has 0 saturated carbocycles. The maximum atomic E-state index is 13.9. The number of hydrogen-bond acceptors (Lipinski definition) is 6. The lowest BCUT2D eigenvalue weighted by Gasteiger charge is -2.38. The SMILES string of the molecule is CCOc1ccc(S(=O)(=O)N2CCC[C@@H](C(=O)N3C[C@H](C(=O)NCCc4ccccc4)Oc4ccccc43)C2)cc1Cl. The van der Waals surface area contributed by atoms with Gasteiger partial charge in [0, 0.05) is 19.6 Å². The lowest BCUT2D eigenvalue weighted by atomic mass is 9.97. The van der Waals surface area contributed by atoms with Gasteiger partial charge in [0.25, 0.3) is 5.91 Å². The molecule has 0 radical (unpaired) electrons. The van der Waals surface area contributed by atoms with Crippen LogP contribution in [0.2, 0.25) is 5.02 Å². The molecule has 2 amide bonds. The average molecular weight is 612 g/mol. The summed E-state index contributed by atoms with van der Waals surface area (Å²) in [5.74, 6) is -0.283. The number of amides is 2. The van der Waals surface area contributed by atoms with Crippen LogP contribution in [0, 0.1) is 5.92 Å². The second-order valence-corrected chi connectivity index (χ2v) is 12.6. The van der Waals surface area contributed by atoms with Gasteiger partial charge in [-0.1, -0.05) is 54.1 Å². The van der Waals surface area contributed by atoms with Crippen LogP contribution in [0.4, 0.5) is 5.69 Å². The molecule has 11 heteroatoms. The first-order valence-corrected chi connectivity index (χ1v) is 15.9. The normalized spacial score (nSPS) is 19.0. The summed E-state index contributed by atoms with van der Waals surface area (Å²) in [5, 5.41) is 3.13. The molecule has 0 aromatic heterocycles. The molecule has 3 aromatic carbocycles. The summed E-state index contributed by atoms with van der Waals surface area (Å²) in [7, 11) is -3.90. The molecule has 5 rings (SSSR count). The van der Waals surface area contributed by atoms with Gasteiger partial charge < -0.3 is 19.7 Å². The summed E-state index contributed by atoms with van der Waals surface area (Å²) >= 11 is 6.27. The van der Waals surface area contributed by atoms with Crippen LogP contribution in [0.15, 0.2) is 77.7 Å². The molecule has 1 N–H and O–H groups in total. The van der Waals surface area contributed by atoms with E-state index in [1.54, 1.807) is 35.2 Å². The highest BCUT2D eigenvalue weighted by Crippen LogP contribution is 2.36. The Hall–Kier alpha value is -3.60. The van der Waals surface area contributed by atoms with Crippen LogP contribution < -0.4 is 19.7 Å². The van der Waals surface area contributed by atoms with E-state index in [4.69, 9.17) is 21.1 Å². The Morgan fingerprint density at radius 1 is 1.05 bits per heavy atom. The molecule has 0 aliphatic carbocycles. The summed E-state index contributed by atoms with van der Waals surface area (Å²) in [6.07, 6.45) is 0.830. The van der Waals surface area contributed by atoms with E-state index >= 15 is 0 Å². The second-order valence-electron chi connectivity index (χ2n) is 10.3. The molecular formula is C31H34ClN3O6S. The van der Waals surface area contributed by atoms with Crippen molar-refractivity contribution in [2.75, 3.05) is 37.7 Å². The Kier molecular flexibility index (Phi) is 9.35. The van der Waals surface area contributed by atoms with Crippen LogP contribution in [-0.2, 0) is 26.0 Å². The topological polar surface area (TPSA) is 105 Å². The van der Waals surface area contributed by atoms with Crippen LogP contribution in [0.5, 0.6) is 11.5 Å². The standard InChI is InChI=1S/C31H34ClN3O6S/c1-2-40-27-15-14-24(19-25(27)32)42(38,39)34-18-8-11-23(20-34)31(37)35-21-29(41-28-13-7-6-12-26(28)35)30(36)33-17-16-22-9-4-3-5-10-22/h3-7,9-10,12-15,19,23,29H,2,8,11,16-18,20-21H2,1H3,(H,33,36)/t23-,29-/m1/s1. The molecule has 0 unspecified atom stereocenters. The van der Waals surface area contributed by atoms with Crippen molar-refractivity contribution in [1.82, 2.24) is 9.62 Å². The number of ether oxygens (including phenoxy) is 2. The molecular weight excluding hydrogens is 578 g/mol. The van der Waals surface area contributed by atoms with Crippen molar-refractivity contribution in [2.45, 2.75) is 37.2 Å². The fraction of sp³-hybridized carbons (Fsp3) is 0.355. The number of sulfonamides is 1. The van der Waals surface area contributed by atoms with Gasteiger partial charge in [0.05, 0.1) is 34.7 Å². The van der Waals surface area contributed by atoms with Gasteiger partial charge in [-0.2, -0.15) is 4.31 Å². The van der Waals surface area contributed by atoms with Crippen molar-refractivity contribution in [3.63, 3.8) is 0 Å². The first kappa shape index (κ1) is 29.9. The van der Waals surface area contributed by atoms with Crippen LogP contribution in [0.1, 0.15) is 25.3 Å². The van der Waals surface area contributed by atoms with Crippen molar-refractivity contribution in [2.24, 2.45) is 5.92 Å². The van der Waals surface area contributed by atoms with Crippen molar-refractivity contribution >= 4 is 39.1 Å². The Morgan fingerprint density at radius 3 is 2.57 bits per heavy atom. The number of fused-ring (bicyclic) bond motifs is 1. The zero-order valence-corrected chi connectivity index (χ0v) is 24.9. The van der Waals surface area contributed by atoms with Gasteiger partial charge in [0.2, 0.25) is 15.9 Å². The average Bonchev–Trinajstić information content (AvgIpc) is 3.01. The van der Waals surface area contributed by atoms with E-state index < -0.39 is 22.0 Å². The number of anilines is 1. The number of para-hydroxylation sites is 2. The third kappa shape index (κ3) is 6.56. The van der Waals surface area contributed by atoms with E-state index in [0.717, 1.165) is 5.56 Å². The first-order chi connectivity index (χ1) is 20.3. The van der Waals surface area contributed by atoms with E-state index in [1.807, 2.05) is 37.3 Å². The van der Waals surface area contributed by atoms with Gasteiger partial charge in [0.1, 0.15) is 11.5 Å². The van der Waals surface area contributed by atoms with E-state index in [9.17, 15) is 18.0 Å². The molecule has 0 bridgehead atoms. The number of nitrogens with one attached hydrogen (secondary N) is 1. The molecule has 1 saturated heterocycles. The van der Waals surface area contributed by atoms with Gasteiger partial charge in [-0.25, -0.2) is 8.42 Å². The number of hydrogen-bond donors (Lipinski definition) is 1. The van der Waals surface area contributed by atoms with Gasteiger partial charge >= 0.3 is 0 Å². The van der Waals surface area contributed by atoms with Crippen LogP contribution in [0.3, 0.4) is 0 Å². The predicted molar refractivity (Wildman–Crippen MR) is 160 cm³/mol.